The Morgan fingerprint density at radius 2 is 1.57 bits per heavy atom. The number of fused-ring (bicyclic) bond motifs is 1. The molecule has 1 N–H and O–H groups in total. The number of rotatable bonds is 3. The van der Waals surface area contributed by atoms with Crippen molar-refractivity contribution in [2.45, 2.75) is 58.2 Å². The van der Waals surface area contributed by atoms with Crippen LogP contribution in [0.5, 0.6) is 5.88 Å². The molecule has 4 heteroatoms. The number of aromatic nitrogens is 2. The normalized spacial score (nSPS) is 12.0. The second kappa shape index (κ2) is 6.72. The van der Waals surface area contributed by atoms with Gasteiger partial charge in [-0.3, -0.25) is 0 Å². The second-order valence-electron chi connectivity index (χ2n) is 7.04. The van der Waals surface area contributed by atoms with Crippen LogP contribution in [0.2, 0.25) is 16.6 Å². The topological polar surface area (TPSA) is 46.0 Å². The van der Waals surface area contributed by atoms with Crippen LogP contribution in [0.4, 0.5) is 0 Å². The minimum absolute atomic E-state index is 0.00538. The molecule has 2 rings (SSSR count). The van der Waals surface area contributed by atoms with Gasteiger partial charge in [0.05, 0.1) is 10.9 Å². The lowest BCUT2D eigenvalue weighted by Gasteiger charge is -2.38. The van der Waals surface area contributed by atoms with Gasteiger partial charge in [-0.15, -0.1) is 5.54 Å². The number of aromatic hydroxyl groups is 1. The highest BCUT2D eigenvalue weighted by atomic mass is 28.3. The van der Waals surface area contributed by atoms with Crippen LogP contribution >= 0.6 is 0 Å². The smallest absolute Gasteiger partial charge is 0.223 e. The summed E-state index contributed by atoms with van der Waals surface area (Å²) in [7, 11) is -1.80. The quantitative estimate of drug-likeness (QED) is 0.644. The molecule has 1 aromatic heterocycles. The van der Waals surface area contributed by atoms with Crippen molar-refractivity contribution in [3.05, 3.63) is 30.1 Å². The largest absolute Gasteiger partial charge is 0.493 e. The Balaban J connectivity index is 2.65. The van der Waals surface area contributed by atoms with Gasteiger partial charge in [0.2, 0.25) is 5.88 Å². The Bertz CT molecular complexity index is 730. The van der Waals surface area contributed by atoms with Gasteiger partial charge < -0.3 is 5.11 Å². The minimum atomic E-state index is -1.80. The van der Waals surface area contributed by atoms with Gasteiger partial charge in [-0.05, 0) is 28.8 Å². The van der Waals surface area contributed by atoms with Gasteiger partial charge in [0.15, 0.2) is 0 Å². The van der Waals surface area contributed by atoms with E-state index in [1.165, 1.54) is 6.33 Å². The monoisotopic (exact) mass is 326 g/mol. The van der Waals surface area contributed by atoms with Crippen LogP contribution in [-0.4, -0.2) is 23.1 Å². The van der Waals surface area contributed by atoms with Gasteiger partial charge in [-0.2, -0.15) is 0 Å². The maximum Gasteiger partial charge on any atom is 0.223 e. The Hall–Kier alpha value is -1.86. The highest BCUT2D eigenvalue weighted by Crippen LogP contribution is 2.41. The van der Waals surface area contributed by atoms with Crippen LogP contribution in [0.1, 0.15) is 47.1 Å². The fourth-order valence-corrected chi connectivity index (χ4v) is 9.02. The first-order valence-electron chi connectivity index (χ1n) is 8.26. The fraction of sp³-hybridized carbons (Fsp3) is 0.474. The molecule has 2 aromatic rings. The average molecular weight is 327 g/mol. The zero-order chi connectivity index (χ0) is 17.2. The third-order valence-corrected chi connectivity index (χ3v) is 11.2. The fourth-order valence-electron chi connectivity index (χ4n) is 3.81. The summed E-state index contributed by atoms with van der Waals surface area (Å²) in [6.07, 6.45) is 1.38. The molecule has 122 valence electrons. The molecule has 1 heterocycles. The maximum absolute atomic E-state index is 10.1. The van der Waals surface area contributed by atoms with Crippen LogP contribution < -0.4 is 0 Å². The molecule has 23 heavy (non-hydrogen) atoms. The summed E-state index contributed by atoms with van der Waals surface area (Å²) >= 11 is 0. The predicted octanol–water partition coefficient (Wildman–Crippen LogP) is 4.90. The second-order valence-corrected chi connectivity index (χ2v) is 12.6. The first-order chi connectivity index (χ1) is 10.8. The molecule has 0 unspecified atom stereocenters. The van der Waals surface area contributed by atoms with E-state index >= 15 is 0 Å². The van der Waals surface area contributed by atoms with Gasteiger partial charge in [0.1, 0.15) is 14.4 Å². The van der Waals surface area contributed by atoms with Crippen LogP contribution in [0, 0.1) is 11.5 Å². The van der Waals surface area contributed by atoms with Crippen molar-refractivity contribution in [1.82, 2.24) is 9.97 Å². The van der Waals surface area contributed by atoms with E-state index in [0.717, 1.165) is 11.1 Å². The molecule has 0 amide bonds. The average Bonchev–Trinajstić information content (AvgIpc) is 2.47. The molecule has 0 atom stereocenters. The minimum Gasteiger partial charge on any atom is -0.493 e. The third kappa shape index (κ3) is 3.11. The van der Waals surface area contributed by atoms with Gasteiger partial charge in [0.25, 0.3) is 0 Å². The van der Waals surface area contributed by atoms with E-state index in [0.29, 0.717) is 22.0 Å². The summed E-state index contributed by atoms with van der Waals surface area (Å²) < 4.78 is 0. The molecule has 3 nitrogen and oxygen atoms in total. The molecule has 0 saturated heterocycles. The van der Waals surface area contributed by atoms with E-state index in [2.05, 4.69) is 63.0 Å². The molecule has 0 spiro atoms. The summed E-state index contributed by atoms with van der Waals surface area (Å²) in [5.74, 6) is 3.39. The molecule has 0 aliphatic rings. The maximum atomic E-state index is 10.1. The van der Waals surface area contributed by atoms with Crippen LogP contribution in [0.25, 0.3) is 10.9 Å². The Labute approximate surface area is 140 Å². The van der Waals surface area contributed by atoms with Crippen molar-refractivity contribution in [3.63, 3.8) is 0 Å². The molecule has 0 fully saturated rings. The van der Waals surface area contributed by atoms with E-state index in [1.807, 2.05) is 18.2 Å². The van der Waals surface area contributed by atoms with Crippen molar-refractivity contribution < 1.29 is 5.11 Å². The highest BCUT2D eigenvalue weighted by Gasteiger charge is 2.41. The van der Waals surface area contributed by atoms with Crippen molar-refractivity contribution >= 4 is 19.0 Å². The van der Waals surface area contributed by atoms with Gasteiger partial charge in [-0.25, -0.2) is 9.97 Å². The molecule has 0 aliphatic carbocycles. The Morgan fingerprint density at radius 1 is 0.957 bits per heavy atom. The van der Waals surface area contributed by atoms with Crippen molar-refractivity contribution in [1.29, 1.82) is 0 Å². The van der Waals surface area contributed by atoms with E-state index in [-0.39, 0.29) is 5.88 Å². The summed E-state index contributed by atoms with van der Waals surface area (Å²) in [6, 6.07) is 5.75. The lowest BCUT2D eigenvalue weighted by atomic mass is 10.1. The third-order valence-electron chi connectivity index (χ3n) is 4.92. The summed E-state index contributed by atoms with van der Waals surface area (Å²) in [5, 5.41) is 10.8. The van der Waals surface area contributed by atoms with Crippen molar-refractivity contribution in [2.24, 2.45) is 0 Å². The van der Waals surface area contributed by atoms with E-state index < -0.39 is 8.07 Å². The zero-order valence-corrected chi connectivity index (χ0v) is 15.9. The number of hydrogen-bond donors (Lipinski definition) is 1. The van der Waals surface area contributed by atoms with Gasteiger partial charge in [-0.1, -0.05) is 53.5 Å². The molecule has 1 aromatic carbocycles. The molecule has 0 saturated carbocycles. The van der Waals surface area contributed by atoms with Crippen LogP contribution in [0.3, 0.4) is 0 Å². The first-order valence-corrected chi connectivity index (χ1v) is 10.5. The SMILES string of the molecule is CC(C)[Si](C#Cc1cccc2ncnc(O)c12)(C(C)C)C(C)C. The summed E-state index contributed by atoms with van der Waals surface area (Å²) in [4.78, 5) is 8.13. The molecule has 0 bridgehead atoms. The van der Waals surface area contributed by atoms with E-state index in [1.54, 1.807) is 0 Å². The van der Waals surface area contributed by atoms with Gasteiger partial charge in [0, 0.05) is 5.56 Å². The van der Waals surface area contributed by atoms with Crippen LogP contribution in [-0.2, 0) is 0 Å². The predicted molar refractivity (Wildman–Crippen MR) is 99.1 cm³/mol. The van der Waals surface area contributed by atoms with Crippen molar-refractivity contribution in [3.8, 4) is 17.3 Å². The molecule has 0 aliphatic heterocycles. The van der Waals surface area contributed by atoms with Gasteiger partial charge >= 0.3 is 0 Å². The zero-order valence-electron chi connectivity index (χ0n) is 14.9. The van der Waals surface area contributed by atoms with E-state index in [9.17, 15) is 5.11 Å². The lowest BCUT2D eigenvalue weighted by molar-refractivity contribution is 0.459. The number of hydrogen-bond acceptors (Lipinski definition) is 3. The lowest BCUT2D eigenvalue weighted by Crippen LogP contribution is -2.43. The number of nitrogens with zero attached hydrogens (tertiary/aromatic N) is 2. The first kappa shape index (κ1) is 17.5. The molecule has 0 radical (unpaired) electrons. The summed E-state index contributed by atoms with van der Waals surface area (Å²) in [6.45, 7) is 13.8. The Kier molecular flexibility index (Phi) is 5.11. The van der Waals surface area contributed by atoms with Crippen molar-refractivity contribution in [2.75, 3.05) is 0 Å². The molecular weight excluding hydrogens is 300 g/mol. The van der Waals surface area contributed by atoms with Crippen LogP contribution in [0.15, 0.2) is 24.5 Å². The number of benzene rings is 1. The highest BCUT2D eigenvalue weighted by molar-refractivity contribution is 6.90. The standard InChI is InChI=1S/C19H26N2OSi/c1-13(2)23(14(3)4,15(5)6)11-10-16-8-7-9-17-18(16)19(22)21-12-20-17/h7-9,12-15H,1-6H3,(H,20,21,22). The summed E-state index contributed by atoms with van der Waals surface area (Å²) in [5.41, 5.74) is 6.98. The van der Waals surface area contributed by atoms with E-state index in [4.69, 9.17) is 0 Å². The Morgan fingerprint density at radius 3 is 2.13 bits per heavy atom. The molecular formula is C19H26N2OSi.